The van der Waals surface area contributed by atoms with Crippen LogP contribution < -0.4 is 11.1 Å². The zero-order valence-electron chi connectivity index (χ0n) is 9.08. The summed E-state index contributed by atoms with van der Waals surface area (Å²) in [6.45, 7) is 3.38. The first-order valence-electron chi connectivity index (χ1n) is 4.78. The molecule has 0 aromatic heterocycles. The maximum Gasteiger partial charge on any atom is 0.252 e. The van der Waals surface area contributed by atoms with Gasteiger partial charge in [0.15, 0.2) is 0 Å². The van der Waals surface area contributed by atoms with Crippen LogP contribution in [0.25, 0.3) is 0 Å². The van der Waals surface area contributed by atoms with Gasteiger partial charge < -0.3 is 11.1 Å². The molecular weight excluding hydrogens is 272 g/mol. The second kappa shape index (κ2) is 5.12. The number of nitrogens with one attached hydrogen (secondary N) is 1. The highest BCUT2D eigenvalue weighted by atomic mass is 79.9. The quantitative estimate of drug-likeness (QED) is 0.880. The molecule has 0 fully saturated rings. The Labute approximate surface area is 102 Å². The van der Waals surface area contributed by atoms with Crippen molar-refractivity contribution >= 4 is 27.7 Å². The van der Waals surface area contributed by atoms with E-state index in [-0.39, 0.29) is 5.91 Å². The average molecular weight is 285 g/mol. The van der Waals surface area contributed by atoms with Crippen molar-refractivity contribution in [3.05, 3.63) is 33.8 Å². The summed E-state index contributed by atoms with van der Waals surface area (Å²) in [5.41, 5.74) is 6.44. The molecule has 86 valence electrons. The van der Waals surface area contributed by atoms with Crippen LogP contribution in [0.4, 0.5) is 0 Å². The third kappa shape index (κ3) is 3.06. The largest absolute Gasteiger partial charge is 0.368 e. The zero-order valence-corrected chi connectivity index (χ0v) is 10.7. The highest BCUT2D eigenvalue weighted by molar-refractivity contribution is 9.10. The SMILES string of the molecule is Cc1cc(Br)ccc1C(=O)NC(C)C(N)=O. The molecular formula is C11H13BrN2O2. The summed E-state index contributed by atoms with van der Waals surface area (Å²) in [4.78, 5) is 22.6. The molecule has 0 saturated carbocycles. The molecule has 0 aliphatic rings. The van der Waals surface area contributed by atoms with Crippen molar-refractivity contribution < 1.29 is 9.59 Å². The van der Waals surface area contributed by atoms with Crippen LogP contribution in [0.3, 0.4) is 0 Å². The summed E-state index contributed by atoms with van der Waals surface area (Å²) in [6.07, 6.45) is 0. The predicted molar refractivity (Wildman–Crippen MR) is 65.0 cm³/mol. The van der Waals surface area contributed by atoms with Crippen LogP contribution >= 0.6 is 15.9 Å². The van der Waals surface area contributed by atoms with E-state index < -0.39 is 11.9 Å². The molecule has 1 atom stereocenters. The number of rotatable bonds is 3. The summed E-state index contributed by atoms with van der Waals surface area (Å²) in [6, 6.07) is 4.64. The first-order valence-corrected chi connectivity index (χ1v) is 5.57. The Morgan fingerprint density at radius 2 is 2.06 bits per heavy atom. The van der Waals surface area contributed by atoms with Gasteiger partial charge >= 0.3 is 0 Å². The predicted octanol–water partition coefficient (Wildman–Crippen LogP) is 1.36. The molecule has 0 bridgehead atoms. The topological polar surface area (TPSA) is 72.2 Å². The number of aryl methyl sites for hydroxylation is 1. The fraction of sp³-hybridized carbons (Fsp3) is 0.273. The van der Waals surface area contributed by atoms with Crippen LogP contribution in [0.1, 0.15) is 22.8 Å². The van der Waals surface area contributed by atoms with Gasteiger partial charge in [-0.05, 0) is 37.6 Å². The Morgan fingerprint density at radius 3 is 2.56 bits per heavy atom. The molecule has 1 aromatic carbocycles. The Morgan fingerprint density at radius 1 is 1.44 bits per heavy atom. The summed E-state index contributed by atoms with van der Waals surface area (Å²) >= 11 is 3.31. The van der Waals surface area contributed by atoms with Crippen molar-refractivity contribution in [2.45, 2.75) is 19.9 Å². The molecule has 2 amide bonds. The standard InChI is InChI=1S/C11H13BrN2O2/c1-6-5-8(12)3-4-9(6)11(16)14-7(2)10(13)15/h3-5,7H,1-2H3,(H2,13,15)(H,14,16). The van der Waals surface area contributed by atoms with E-state index in [2.05, 4.69) is 21.2 Å². The van der Waals surface area contributed by atoms with Gasteiger partial charge in [0, 0.05) is 10.0 Å². The number of carbonyl (C=O) groups is 2. The molecule has 0 radical (unpaired) electrons. The van der Waals surface area contributed by atoms with Crippen LogP contribution in [-0.4, -0.2) is 17.9 Å². The molecule has 5 heteroatoms. The Bertz CT molecular complexity index is 432. The van der Waals surface area contributed by atoms with Crippen LogP contribution in [-0.2, 0) is 4.79 Å². The van der Waals surface area contributed by atoms with E-state index in [1.54, 1.807) is 19.1 Å². The van der Waals surface area contributed by atoms with Crippen LogP contribution in [0, 0.1) is 6.92 Å². The van der Waals surface area contributed by atoms with Crippen molar-refractivity contribution in [2.75, 3.05) is 0 Å². The van der Waals surface area contributed by atoms with Crippen molar-refractivity contribution in [3.63, 3.8) is 0 Å². The minimum Gasteiger partial charge on any atom is -0.368 e. The Hall–Kier alpha value is -1.36. The number of carbonyl (C=O) groups excluding carboxylic acids is 2. The maximum atomic E-state index is 11.8. The van der Waals surface area contributed by atoms with Crippen LogP contribution in [0.15, 0.2) is 22.7 Å². The van der Waals surface area contributed by atoms with E-state index in [1.165, 1.54) is 0 Å². The molecule has 0 heterocycles. The van der Waals surface area contributed by atoms with Crippen molar-refractivity contribution in [2.24, 2.45) is 5.73 Å². The molecule has 1 rings (SSSR count). The fourth-order valence-electron chi connectivity index (χ4n) is 1.23. The molecule has 16 heavy (non-hydrogen) atoms. The van der Waals surface area contributed by atoms with E-state index in [0.717, 1.165) is 10.0 Å². The molecule has 4 nitrogen and oxygen atoms in total. The highest BCUT2D eigenvalue weighted by Gasteiger charge is 2.15. The maximum absolute atomic E-state index is 11.8. The van der Waals surface area contributed by atoms with Gasteiger partial charge in [-0.3, -0.25) is 9.59 Å². The van der Waals surface area contributed by atoms with Crippen LogP contribution in [0.5, 0.6) is 0 Å². The monoisotopic (exact) mass is 284 g/mol. The lowest BCUT2D eigenvalue weighted by Gasteiger charge is -2.11. The molecule has 0 aliphatic carbocycles. The minimum absolute atomic E-state index is 0.295. The first kappa shape index (κ1) is 12.7. The number of hydrogen-bond donors (Lipinski definition) is 2. The van der Waals surface area contributed by atoms with Gasteiger partial charge in [0.1, 0.15) is 6.04 Å². The van der Waals surface area contributed by atoms with Crippen molar-refractivity contribution in [1.82, 2.24) is 5.32 Å². The van der Waals surface area contributed by atoms with Gasteiger partial charge in [-0.25, -0.2) is 0 Å². The summed E-state index contributed by atoms with van der Waals surface area (Å²) < 4.78 is 0.907. The second-order valence-electron chi connectivity index (χ2n) is 3.56. The summed E-state index contributed by atoms with van der Waals surface area (Å²) in [5.74, 6) is -0.848. The molecule has 1 unspecified atom stereocenters. The Balaban J connectivity index is 2.85. The lowest BCUT2D eigenvalue weighted by Crippen LogP contribution is -2.42. The number of hydrogen-bond acceptors (Lipinski definition) is 2. The average Bonchev–Trinajstić information content (AvgIpc) is 2.16. The molecule has 0 saturated heterocycles. The van der Waals surface area contributed by atoms with Gasteiger partial charge in [0.05, 0.1) is 0 Å². The minimum atomic E-state index is -0.671. The number of nitrogens with two attached hydrogens (primary N) is 1. The molecule has 0 aliphatic heterocycles. The highest BCUT2D eigenvalue weighted by Crippen LogP contribution is 2.15. The number of halogens is 1. The second-order valence-corrected chi connectivity index (χ2v) is 4.47. The summed E-state index contributed by atoms with van der Waals surface area (Å²) in [5, 5.41) is 2.53. The third-order valence-electron chi connectivity index (χ3n) is 2.21. The van der Waals surface area contributed by atoms with Crippen LogP contribution in [0.2, 0.25) is 0 Å². The van der Waals surface area contributed by atoms with Gasteiger partial charge in [-0.2, -0.15) is 0 Å². The lowest BCUT2D eigenvalue weighted by molar-refractivity contribution is -0.119. The third-order valence-corrected chi connectivity index (χ3v) is 2.70. The molecule has 1 aromatic rings. The fourth-order valence-corrected chi connectivity index (χ4v) is 1.70. The normalized spacial score (nSPS) is 11.9. The van der Waals surface area contributed by atoms with Crippen molar-refractivity contribution in [3.8, 4) is 0 Å². The Kier molecular flexibility index (Phi) is 4.06. The van der Waals surface area contributed by atoms with Gasteiger partial charge in [-0.15, -0.1) is 0 Å². The summed E-state index contributed by atoms with van der Waals surface area (Å²) in [7, 11) is 0. The number of amides is 2. The molecule has 3 N–H and O–H groups in total. The van der Waals surface area contributed by atoms with E-state index >= 15 is 0 Å². The molecule has 0 spiro atoms. The van der Waals surface area contributed by atoms with Gasteiger partial charge in [0.25, 0.3) is 5.91 Å². The van der Waals surface area contributed by atoms with Gasteiger partial charge in [-0.1, -0.05) is 15.9 Å². The van der Waals surface area contributed by atoms with Crippen molar-refractivity contribution in [1.29, 1.82) is 0 Å². The number of primary amides is 1. The van der Waals surface area contributed by atoms with E-state index in [1.807, 2.05) is 13.0 Å². The number of benzene rings is 1. The van der Waals surface area contributed by atoms with Gasteiger partial charge in [0.2, 0.25) is 5.91 Å². The lowest BCUT2D eigenvalue weighted by atomic mass is 10.1. The van der Waals surface area contributed by atoms with E-state index in [9.17, 15) is 9.59 Å². The van der Waals surface area contributed by atoms with E-state index in [0.29, 0.717) is 5.56 Å². The zero-order chi connectivity index (χ0) is 12.3. The first-order chi connectivity index (χ1) is 7.41. The smallest absolute Gasteiger partial charge is 0.252 e. The van der Waals surface area contributed by atoms with E-state index in [4.69, 9.17) is 5.73 Å².